The highest BCUT2D eigenvalue weighted by molar-refractivity contribution is 9.10. The summed E-state index contributed by atoms with van der Waals surface area (Å²) in [5, 5.41) is 3.19. The highest BCUT2D eigenvalue weighted by atomic mass is 79.9. The second kappa shape index (κ2) is 6.51. The van der Waals surface area contributed by atoms with Crippen LogP contribution in [0.4, 0.5) is 4.39 Å². The number of hydrogen-bond acceptors (Lipinski definition) is 1. The molecule has 2 aromatic rings. The van der Waals surface area contributed by atoms with Gasteiger partial charge >= 0.3 is 0 Å². The van der Waals surface area contributed by atoms with E-state index in [2.05, 4.69) is 59.4 Å². The van der Waals surface area contributed by atoms with E-state index in [9.17, 15) is 4.39 Å². The van der Waals surface area contributed by atoms with Crippen molar-refractivity contribution in [3.05, 3.63) is 69.4 Å². The van der Waals surface area contributed by atoms with Crippen molar-refractivity contribution in [2.45, 2.75) is 25.8 Å². The topological polar surface area (TPSA) is 12.0 Å². The molecule has 1 nitrogen and oxygen atoms in total. The minimum Gasteiger partial charge on any atom is -0.309 e. The van der Waals surface area contributed by atoms with Gasteiger partial charge in [0.05, 0.1) is 10.5 Å². The Morgan fingerprint density at radius 3 is 2.15 bits per heavy atom. The first-order chi connectivity index (χ1) is 9.54. The lowest BCUT2D eigenvalue weighted by Gasteiger charge is -2.19. The van der Waals surface area contributed by atoms with Gasteiger partial charge in [-0.1, -0.05) is 50.2 Å². The summed E-state index contributed by atoms with van der Waals surface area (Å²) in [6.07, 6.45) is 0. The Labute approximate surface area is 128 Å². The summed E-state index contributed by atoms with van der Waals surface area (Å²) in [6.45, 7) is 4.33. The third-order valence-electron chi connectivity index (χ3n) is 3.52. The van der Waals surface area contributed by atoms with Crippen LogP contribution in [0.2, 0.25) is 0 Å². The fourth-order valence-corrected chi connectivity index (χ4v) is 2.70. The summed E-state index contributed by atoms with van der Waals surface area (Å²) in [5.41, 5.74) is 3.01. The monoisotopic (exact) mass is 335 g/mol. The van der Waals surface area contributed by atoms with Crippen LogP contribution in [-0.4, -0.2) is 7.05 Å². The molecule has 0 aliphatic rings. The maximum atomic E-state index is 14.2. The summed E-state index contributed by atoms with van der Waals surface area (Å²) < 4.78 is 14.7. The van der Waals surface area contributed by atoms with Gasteiger partial charge in [-0.2, -0.15) is 0 Å². The van der Waals surface area contributed by atoms with E-state index in [1.165, 1.54) is 5.56 Å². The lowest BCUT2D eigenvalue weighted by atomic mass is 9.95. The van der Waals surface area contributed by atoms with Gasteiger partial charge in [0.15, 0.2) is 0 Å². The second-order valence-corrected chi connectivity index (χ2v) is 6.04. The van der Waals surface area contributed by atoms with Crippen LogP contribution in [0.3, 0.4) is 0 Å². The van der Waals surface area contributed by atoms with E-state index in [0.29, 0.717) is 16.0 Å². The summed E-state index contributed by atoms with van der Waals surface area (Å²) >= 11 is 3.24. The first-order valence-corrected chi connectivity index (χ1v) is 7.55. The second-order valence-electron chi connectivity index (χ2n) is 5.19. The molecule has 2 aromatic carbocycles. The Hall–Kier alpha value is -1.19. The van der Waals surface area contributed by atoms with Gasteiger partial charge in [-0.15, -0.1) is 0 Å². The van der Waals surface area contributed by atoms with Crippen molar-refractivity contribution in [3.8, 4) is 0 Å². The van der Waals surface area contributed by atoms with Crippen molar-refractivity contribution in [3.63, 3.8) is 0 Å². The van der Waals surface area contributed by atoms with E-state index >= 15 is 0 Å². The quantitative estimate of drug-likeness (QED) is 0.827. The van der Waals surface area contributed by atoms with Crippen LogP contribution in [-0.2, 0) is 0 Å². The van der Waals surface area contributed by atoms with Crippen molar-refractivity contribution in [1.82, 2.24) is 5.32 Å². The zero-order chi connectivity index (χ0) is 14.7. The minimum absolute atomic E-state index is 0.145. The number of halogens is 2. The standard InChI is InChI=1S/C17H19BrFN/c1-11(2)12-7-9-13(10-8-12)17(20-3)14-5-4-6-15(18)16(14)19/h4-11,17,20H,1-3H3. The molecule has 0 aromatic heterocycles. The van der Waals surface area contributed by atoms with E-state index in [0.717, 1.165) is 5.56 Å². The average Bonchev–Trinajstić information content (AvgIpc) is 2.45. The lowest BCUT2D eigenvalue weighted by molar-refractivity contribution is 0.571. The van der Waals surface area contributed by atoms with Crippen LogP contribution >= 0.6 is 15.9 Å². The van der Waals surface area contributed by atoms with Gasteiger partial charge in [0.1, 0.15) is 5.82 Å². The van der Waals surface area contributed by atoms with Crippen LogP contribution in [0.5, 0.6) is 0 Å². The molecule has 1 unspecified atom stereocenters. The zero-order valence-corrected chi connectivity index (χ0v) is 13.5. The number of hydrogen-bond donors (Lipinski definition) is 1. The maximum absolute atomic E-state index is 14.2. The molecule has 1 atom stereocenters. The van der Waals surface area contributed by atoms with Gasteiger partial charge in [-0.3, -0.25) is 0 Å². The lowest BCUT2D eigenvalue weighted by Crippen LogP contribution is -2.19. The Bertz CT molecular complexity index is 578. The van der Waals surface area contributed by atoms with Crippen molar-refractivity contribution in [1.29, 1.82) is 0 Å². The highest BCUT2D eigenvalue weighted by Gasteiger charge is 2.17. The van der Waals surface area contributed by atoms with E-state index in [1.54, 1.807) is 6.07 Å². The molecule has 0 saturated carbocycles. The van der Waals surface area contributed by atoms with E-state index in [4.69, 9.17) is 0 Å². The molecular weight excluding hydrogens is 317 g/mol. The molecule has 1 N–H and O–H groups in total. The molecule has 0 bridgehead atoms. The molecule has 2 rings (SSSR count). The normalized spacial score (nSPS) is 12.7. The molecule has 0 radical (unpaired) electrons. The number of rotatable bonds is 4. The molecule has 0 spiro atoms. The molecule has 0 aliphatic heterocycles. The maximum Gasteiger partial charge on any atom is 0.142 e. The largest absolute Gasteiger partial charge is 0.309 e. The van der Waals surface area contributed by atoms with Crippen molar-refractivity contribution < 1.29 is 4.39 Å². The predicted octanol–water partition coefficient (Wildman–Crippen LogP) is 5.02. The van der Waals surface area contributed by atoms with E-state index in [-0.39, 0.29) is 11.9 Å². The summed E-state index contributed by atoms with van der Waals surface area (Å²) in [6, 6.07) is 13.6. The van der Waals surface area contributed by atoms with Crippen LogP contribution in [0.1, 0.15) is 42.5 Å². The smallest absolute Gasteiger partial charge is 0.142 e. The molecule has 3 heteroatoms. The Morgan fingerprint density at radius 1 is 1.00 bits per heavy atom. The zero-order valence-electron chi connectivity index (χ0n) is 12.0. The van der Waals surface area contributed by atoms with Crippen molar-refractivity contribution in [2.75, 3.05) is 7.05 Å². The number of nitrogens with one attached hydrogen (secondary N) is 1. The Balaban J connectivity index is 2.39. The third kappa shape index (κ3) is 3.10. The van der Waals surface area contributed by atoms with Crippen LogP contribution < -0.4 is 5.32 Å². The van der Waals surface area contributed by atoms with Gasteiger partial charge in [0.2, 0.25) is 0 Å². The van der Waals surface area contributed by atoms with Gasteiger partial charge in [-0.05, 0) is 46.1 Å². The molecule has 0 amide bonds. The molecular formula is C17H19BrFN. The van der Waals surface area contributed by atoms with E-state index in [1.807, 2.05) is 19.2 Å². The third-order valence-corrected chi connectivity index (χ3v) is 4.13. The van der Waals surface area contributed by atoms with Crippen LogP contribution in [0.25, 0.3) is 0 Å². The summed E-state index contributed by atoms with van der Waals surface area (Å²) in [4.78, 5) is 0. The molecule has 106 valence electrons. The minimum atomic E-state index is -0.209. The highest BCUT2D eigenvalue weighted by Crippen LogP contribution is 2.29. The van der Waals surface area contributed by atoms with Gasteiger partial charge in [0, 0.05) is 5.56 Å². The molecule has 0 saturated heterocycles. The van der Waals surface area contributed by atoms with Gasteiger partial charge < -0.3 is 5.32 Å². The van der Waals surface area contributed by atoms with Crippen LogP contribution in [0, 0.1) is 5.82 Å². The van der Waals surface area contributed by atoms with Crippen molar-refractivity contribution in [2.24, 2.45) is 0 Å². The first kappa shape index (κ1) is 15.2. The summed E-state index contributed by atoms with van der Waals surface area (Å²) in [7, 11) is 1.85. The number of benzene rings is 2. The van der Waals surface area contributed by atoms with Crippen molar-refractivity contribution >= 4 is 15.9 Å². The SMILES string of the molecule is CNC(c1ccc(C(C)C)cc1)c1cccc(Br)c1F. The predicted molar refractivity (Wildman–Crippen MR) is 85.5 cm³/mol. The van der Waals surface area contributed by atoms with E-state index < -0.39 is 0 Å². The van der Waals surface area contributed by atoms with Crippen LogP contribution in [0.15, 0.2) is 46.9 Å². The first-order valence-electron chi connectivity index (χ1n) is 6.75. The molecule has 0 aliphatic carbocycles. The average molecular weight is 336 g/mol. The van der Waals surface area contributed by atoms with Gasteiger partial charge in [-0.25, -0.2) is 4.39 Å². The summed E-state index contributed by atoms with van der Waals surface area (Å²) in [5.74, 6) is 0.291. The molecule has 20 heavy (non-hydrogen) atoms. The fourth-order valence-electron chi connectivity index (χ4n) is 2.32. The fraction of sp³-hybridized carbons (Fsp3) is 0.294. The Kier molecular flexibility index (Phi) is 4.95. The van der Waals surface area contributed by atoms with Gasteiger partial charge in [0.25, 0.3) is 0 Å². The molecule has 0 fully saturated rings. The Morgan fingerprint density at radius 2 is 1.60 bits per heavy atom. The molecule has 0 heterocycles.